The van der Waals surface area contributed by atoms with Crippen LogP contribution in [0.1, 0.15) is 62.9 Å². The maximum absolute atomic E-state index is 5.33. The average molecular weight is 335 g/mol. The molecular weight excluding hydrogens is 304 g/mol. The van der Waals surface area contributed by atoms with Crippen molar-refractivity contribution >= 4 is 23.5 Å². The molecule has 1 aromatic rings. The van der Waals surface area contributed by atoms with Gasteiger partial charge in [0.05, 0.1) is 6.21 Å². The number of hydrogen-bond acceptors (Lipinski definition) is 2. The van der Waals surface area contributed by atoms with Crippen molar-refractivity contribution in [3.05, 3.63) is 23.0 Å². The third-order valence-corrected chi connectivity index (χ3v) is 4.68. The third-order valence-electron chi connectivity index (χ3n) is 4.47. The van der Waals surface area contributed by atoms with E-state index in [2.05, 4.69) is 54.2 Å². The SMILES string of the molecule is Cc1cc(/C=N/NC(=S)NC2CCCCC2)c(C)n1CC(C)C. The van der Waals surface area contributed by atoms with Crippen molar-refractivity contribution in [1.82, 2.24) is 15.3 Å². The van der Waals surface area contributed by atoms with Crippen LogP contribution in [0, 0.1) is 19.8 Å². The van der Waals surface area contributed by atoms with E-state index in [1.807, 2.05) is 6.21 Å². The normalized spacial score (nSPS) is 16.2. The van der Waals surface area contributed by atoms with E-state index in [0.717, 1.165) is 12.1 Å². The van der Waals surface area contributed by atoms with Crippen LogP contribution in [0.4, 0.5) is 0 Å². The Hall–Kier alpha value is -1.36. The van der Waals surface area contributed by atoms with Crippen molar-refractivity contribution in [3.8, 4) is 0 Å². The van der Waals surface area contributed by atoms with Gasteiger partial charge in [0.1, 0.15) is 0 Å². The first kappa shape index (κ1) is 18.0. The van der Waals surface area contributed by atoms with Crippen molar-refractivity contribution in [2.45, 2.75) is 72.4 Å². The van der Waals surface area contributed by atoms with Crippen molar-refractivity contribution < 1.29 is 0 Å². The lowest BCUT2D eigenvalue weighted by atomic mass is 9.96. The van der Waals surface area contributed by atoms with E-state index in [4.69, 9.17) is 12.2 Å². The summed E-state index contributed by atoms with van der Waals surface area (Å²) in [7, 11) is 0. The van der Waals surface area contributed by atoms with Gasteiger partial charge in [0.15, 0.2) is 5.11 Å². The molecule has 0 spiro atoms. The van der Waals surface area contributed by atoms with Crippen LogP contribution in [0.5, 0.6) is 0 Å². The molecular formula is C18H30N4S. The molecule has 2 N–H and O–H groups in total. The second-order valence-corrected chi connectivity index (χ2v) is 7.42. The Labute approximate surface area is 145 Å². The van der Waals surface area contributed by atoms with Gasteiger partial charge >= 0.3 is 0 Å². The number of rotatable bonds is 5. The maximum atomic E-state index is 5.33. The summed E-state index contributed by atoms with van der Waals surface area (Å²) in [6, 6.07) is 2.69. The summed E-state index contributed by atoms with van der Waals surface area (Å²) in [4.78, 5) is 0. The minimum absolute atomic E-state index is 0.509. The largest absolute Gasteiger partial charge is 0.359 e. The molecule has 0 radical (unpaired) electrons. The second kappa shape index (κ2) is 8.48. The molecule has 2 rings (SSSR count). The van der Waals surface area contributed by atoms with E-state index in [-0.39, 0.29) is 0 Å². The average Bonchev–Trinajstić information content (AvgIpc) is 2.75. The molecule has 0 bridgehead atoms. The first-order valence-electron chi connectivity index (χ1n) is 8.73. The fourth-order valence-electron chi connectivity index (χ4n) is 3.23. The van der Waals surface area contributed by atoms with Gasteiger partial charge in [-0.05, 0) is 50.9 Å². The molecule has 0 unspecified atom stereocenters. The molecule has 1 fully saturated rings. The molecule has 1 aliphatic rings. The summed E-state index contributed by atoms with van der Waals surface area (Å²) in [6.45, 7) is 9.82. The summed E-state index contributed by atoms with van der Waals surface area (Å²) in [5.41, 5.74) is 6.64. The van der Waals surface area contributed by atoms with E-state index in [1.165, 1.54) is 43.5 Å². The van der Waals surface area contributed by atoms with Crippen LogP contribution in [0.3, 0.4) is 0 Å². The fourth-order valence-corrected chi connectivity index (χ4v) is 3.45. The Bertz CT molecular complexity index is 554. The molecule has 0 amide bonds. The van der Waals surface area contributed by atoms with Gasteiger partial charge in [-0.1, -0.05) is 33.1 Å². The third kappa shape index (κ3) is 5.34. The van der Waals surface area contributed by atoms with Gasteiger partial charge in [0.2, 0.25) is 0 Å². The molecule has 1 aliphatic carbocycles. The zero-order valence-corrected chi connectivity index (χ0v) is 15.7. The fraction of sp³-hybridized carbons (Fsp3) is 0.667. The molecule has 1 heterocycles. The van der Waals surface area contributed by atoms with Gasteiger partial charge in [-0.25, -0.2) is 0 Å². The number of aryl methyl sites for hydroxylation is 1. The quantitative estimate of drug-likeness (QED) is 0.487. The lowest BCUT2D eigenvalue weighted by Crippen LogP contribution is -2.40. The molecule has 0 aromatic carbocycles. The molecule has 1 aromatic heterocycles. The van der Waals surface area contributed by atoms with Gasteiger partial charge in [-0.2, -0.15) is 5.10 Å². The lowest BCUT2D eigenvalue weighted by molar-refractivity contribution is 0.412. The molecule has 5 heteroatoms. The Morgan fingerprint density at radius 1 is 1.35 bits per heavy atom. The van der Waals surface area contributed by atoms with Crippen LogP contribution in [0.25, 0.3) is 0 Å². The summed E-state index contributed by atoms with van der Waals surface area (Å²) in [6.07, 6.45) is 8.23. The first-order valence-corrected chi connectivity index (χ1v) is 9.14. The van der Waals surface area contributed by atoms with Gasteiger partial charge in [-0.3, -0.25) is 5.43 Å². The lowest BCUT2D eigenvalue weighted by Gasteiger charge is -2.23. The topological polar surface area (TPSA) is 41.4 Å². The number of hydrazone groups is 1. The van der Waals surface area contributed by atoms with Gasteiger partial charge in [0, 0.05) is 29.5 Å². The summed E-state index contributed by atoms with van der Waals surface area (Å²) in [5.74, 6) is 0.634. The van der Waals surface area contributed by atoms with Crippen LogP contribution in [-0.4, -0.2) is 21.9 Å². The van der Waals surface area contributed by atoms with E-state index in [1.54, 1.807) is 0 Å². The Morgan fingerprint density at radius 2 is 2.04 bits per heavy atom. The smallest absolute Gasteiger partial charge is 0.187 e. The minimum atomic E-state index is 0.509. The van der Waals surface area contributed by atoms with E-state index in [9.17, 15) is 0 Å². The highest BCUT2D eigenvalue weighted by atomic mass is 32.1. The van der Waals surface area contributed by atoms with Gasteiger partial charge in [-0.15, -0.1) is 0 Å². The predicted molar refractivity (Wildman–Crippen MR) is 102 cm³/mol. The van der Waals surface area contributed by atoms with Gasteiger partial charge in [0.25, 0.3) is 0 Å². The van der Waals surface area contributed by atoms with Crippen LogP contribution >= 0.6 is 12.2 Å². The Kier molecular flexibility index (Phi) is 6.63. The van der Waals surface area contributed by atoms with Crippen molar-refractivity contribution in [3.63, 3.8) is 0 Å². The molecule has 1 saturated carbocycles. The van der Waals surface area contributed by atoms with E-state index >= 15 is 0 Å². The number of thiocarbonyl (C=S) groups is 1. The van der Waals surface area contributed by atoms with Crippen molar-refractivity contribution in [2.24, 2.45) is 11.0 Å². The van der Waals surface area contributed by atoms with Crippen LogP contribution < -0.4 is 10.7 Å². The first-order chi connectivity index (χ1) is 11.0. The number of nitrogens with one attached hydrogen (secondary N) is 2. The van der Waals surface area contributed by atoms with E-state index < -0.39 is 0 Å². The van der Waals surface area contributed by atoms with E-state index in [0.29, 0.717) is 17.1 Å². The maximum Gasteiger partial charge on any atom is 0.187 e. The Balaban J connectivity index is 1.88. The number of nitrogens with zero attached hydrogens (tertiary/aromatic N) is 2. The standard InChI is InChI=1S/C18H30N4S/c1-13(2)12-22-14(3)10-16(15(22)4)11-19-21-18(23)20-17-8-6-5-7-9-17/h10-11,13,17H,5-9,12H2,1-4H3,(H2,20,21,23)/b19-11+. The second-order valence-electron chi connectivity index (χ2n) is 7.01. The molecule has 0 saturated heterocycles. The molecule has 23 heavy (non-hydrogen) atoms. The zero-order chi connectivity index (χ0) is 16.8. The predicted octanol–water partition coefficient (Wildman–Crippen LogP) is 3.89. The highest BCUT2D eigenvalue weighted by Gasteiger charge is 2.13. The zero-order valence-electron chi connectivity index (χ0n) is 14.9. The van der Waals surface area contributed by atoms with Gasteiger partial charge < -0.3 is 9.88 Å². The summed E-state index contributed by atoms with van der Waals surface area (Å²) >= 11 is 5.33. The van der Waals surface area contributed by atoms with Crippen molar-refractivity contribution in [2.75, 3.05) is 0 Å². The monoisotopic (exact) mass is 334 g/mol. The molecule has 4 nitrogen and oxygen atoms in total. The van der Waals surface area contributed by atoms with Crippen LogP contribution in [-0.2, 0) is 6.54 Å². The molecule has 0 atom stereocenters. The van der Waals surface area contributed by atoms with Crippen LogP contribution in [0.2, 0.25) is 0 Å². The summed E-state index contributed by atoms with van der Waals surface area (Å²) in [5, 5.41) is 8.30. The highest BCUT2D eigenvalue weighted by molar-refractivity contribution is 7.80. The number of aromatic nitrogens is 1. The molecule has 128 valence electrons. The number of hydrogen-bond donors (Lipinski definition) is 2. The minimum Gasteiger partial charge on any atom is -0.359 e. The van der Waals surface area contributed by atoms with Crippen LogP contribution in [0.15, 0.2) is 11.2 Å². The molecule has 0 aliphatic heterocycles. The van der Waals surface area contributed by atoms with Crippen molar-refractivity contribution in [1.29, 1.82) is 0 Å². The highest BCUT2D eigenvalue weighted by Crippen LogP contribution is 2.17. The Morgan fingerprint density at radius 3 is 2.70 bits per heavy atom. The summed E-state index contributed by atoms with van der Waals surface area (Å²) < 4.78 is 2.35.